The van der Waals surface area contributed by atoms with Crippen molar-refractivity contribution in [2.24, 2.45) is 11.7 Å². The van der Waals surface area contributed by atoms with Crippen molar-refractivity contribution in [3.63, 3.8) is 0 Å². The molecule has 1 fully saturated rings. The molecular weight excluding hydrogens is 166 g/mol. The van der Waals surface area contributed by atoms with Gasteiger partial charge < -0.3 is 10.3 Å². The average molecular weight is 181 g/mol. The van der Waals surface area contributed by atoms with Crippen LogP contribution in [0.5, 0.6) is 0 Å². The van der Waals surface area contributed by atoms with E-state index in [1.807, 2.05) is 6.92 Å². The molecule has 4 nitrogen and oxygen atoms in total. The highest BCUT2D eigenvalue weighted by Crippen LogP contribution is 2.45. The molecule has 2 N–H and O–H groups in total. The predicted octanol–water partition coefficient (Wildman–Crippen LogP) is 1.60. The molecular formula is C9H15N3O. The second-order valence-corrected chi connectivity index (χ2v) is 3.83. The molecule has 72 valence electrons. The topological polar surface area (TPSA) is 64.9 Å². The lowest BCUT2D eigenvalue weighted by Gasteiger charge is -1.98. The van der Waals surface area contributed by atoms with Gasteiger partial charge in [0.2, 0.25) is 5.89 Å². The Morgan fingerprint density at radius 3 is 2.92 bits per heavy atom. The van der Waals surface area contributed by atoms with Crippen molar-refractivity contribution in [3.05, 3.63) is 11.7 Å². The van der Waals surface area contributed by atoms with Crippen molar-refractivity contribution in [1.29, 1.82) is 0 Å². The molecule has 0 aromatic carbocycles. The van der Waals surface area contributed by atoms with Gasteiger partial charge in [0.1, 0.15) is 0 Å². The first-order valence-corrected chi connectivity index (χ1v) is 4.81. The molecule has 0 spiro atoms. The van der Waals surface area contributed by atoms with E-state index in [1.54, 1.807) is 0 Å². The maximum Gasteiger partial charge on any atom is 0.243 e. The highest BCUT2D eigenvalue weighted by Gasteiger charge is 2.38. The quantitative estimate of drug-likeness (QED) is 0.769. The number of hydrogen-bond donors (Lipinski definition) is 1. The van der Waals surface area contributed by atoms with Gasteiger partial charge >= 0.3 is 0 Å². The third-order valence-corrected chi connectivity index (χ3v) is 2.66. The number of nitrogens with zero attached hydrogens (tertiary/aromatic N) is 2. The van der Waals surface area contributed by atoms with Gasteiger partial charge in [-0.15, -0.1) is 0 Å². The molecule has 2 rings (SSSR count). The van der Waals surface area contributed by atoms with Crippen LogP contribution in [0.3, 0.4) is 0 Å². The summed E-state index contributed by atoms with van der Waals surface area (Å²) in [5, 5.41) is 3.93. The van der Waals surface area contributed by atoms with Gasteiger partial charge in [-0.1, -0.05) is 19.0 Å². The largest absolute Gasteiger partial charge is 0.338 e. The summed E-state index contributed by atoms with van der Waals surface area (Å²) < 4.78 is 5.08. The van der Waals surface area contributed by atoms with E-state index >= 15 is 0 Å². The Hall–Kier alpha value is -0.900. The van der Waals surface area contributed by atoms with Crippen molar-refractivity contribution in [1.82, 2.24) is 10.1 Å². The lowest BCUT2D eigenvalue weighted by molar-refractivity contribution is 0.348. The lowest BCUT2D eigenvalue weighted by Crippen LogP contribution is -2.08. The Kier molecular flexibility index (Phi) is 2.07. The Labute approximate surface area is 77.5 Å². The molecule has 1 aromatic rings. The predicted molar refractivity (Wildman–Crippen MR) is 48.0 cm³/mol. The van der Waals surface area contributed by atoms with Gasteiger partial charge in [0.15, 0.2) is 5.82 Å². The average Bonchev–Trinajstić information content (AvgIpc) is 2.70. The minimum Gasteiger partial charge on any atom is -0.338 e. The molecule has 0 saturated heterocycles. The molecule has 0 radical (unpaired) electrons. The first kappa shape index (κ1) is 8.69. The number of nitrogens with two attached hydrogens (primary N) is 1. The molecule has 1 aliphatic rings. The summed E-state index contributed by atoms with van der Waals surface area (Å²) >= 11 is 0. The Balaban J connectivity index is 2.09. The van der Waals surface area contributed by atoms with Crippen LogP contribution in [0.25, 0.3) is 0 Å². The van der Waals surface area contributed by atoms with E-state index in [0.29, 0.717) is 17.7 Å². The maximum absolute atomic E-state index is 5.77. The Morgan fingerprint density at radius 1 is 1.69 bits per heavy atom. The molecule has 4 heteroatoms. The number of hydrogen-bond acceptors (Lipinski definition) is 4. The summed E-state index contributed by atoms with van der Waals surface area (Å²) in [6.07, 6.45) is 2.02. The SMILES string of the molecule is CCC(N)c1nc(C2CC2C)no1. The van der Waals surface area contributed by atoms with E-state index in [-0.39, 0.29) is 6.04 Å². The number of rotatable bonds is 3. The van der Waals surface area contributed by atoms with Crippen molar-refractivity contribution < 1.29 is 4.52 Å². The van der Waals surface area contributed by atoms with Crippen LogP contribution in [-0.4, -0.2) is 10.1 Å². The fourth-order valence-corrected chi connectivity index (χ4v) is 1.40. The van der Waals surface area contributed by atoms with Crippen LogP contribution in [0.1, 0.15) is 50.4 Å². The molecule has 13 heavy (non-hydrogen) atoms. The summed E-state index contributed by atoms with van der Waals surface area (Å²) in [6.45, 7) is 4.20. The van der Waals surface area contributed by atoms with Gasteiger partial charge in [0, 0.05) is 5.92 Å². The van der Waals surface area contributed by atoms with Crippen LogP contribution in [0.2, 0.25) is 0 Å². The second-order valence-electron chi connectivity index (χ2n) is 3.83. The third-order valence-electron chi connectivity index (χ3n) is 2.66. The first-order chi connectivity index (χ1) is 6.22. The van der Waals surface area contributed by atoms with Crippen LogP contribution in [0, 0.1) is 5.92 Å². The van der Waals surface area contributed by atoms with Gasteiger partial charge in [-0.05, 0) is 18.8 Å². The highest BCUT2D eigenvalue weighted by atomic mass is 16.5. The van der Waals surface area contributed by atoms with Crippen LogP contribution in [0.15, 0.2) is 4.52 Å². The zero-order chi connectivity index (χ0) is 9.42. The maximum atomic E-state index is 5.77. The molecule has 1 aliphatic carbocycles. The van der Waals surface area contributed by atoms with E-state index in [9.17, 15) is 0 Å². The van der Waals surface area contributed by atoms with Gasteiger partial charge in [-0.25, -0.2) is 0 Å². The van der Waals surface area contributed by atoms with Gasteiger partial charge in [0.25, 0.3) is 0 Å². The van der Waals surface area contributed by atoms with Gasteiger partial charge in [-0.2, -0.15) is 4.98 Å². The van der Waals surface area contributed by atoms with E-state index in [4.69, 9.17) is 10.3 Å². The highest BCUT2D eigenvalue weighted by molar-refractivity contribution is 5.08. The third kappa shape index (κ3) is 1.58. The molecule has 0 amide bonds. The minimum atomic E-state index is -0.102. The standard InChI is InChI=1S/C9H15N3O/c1-3-7(10)9-11-8(12-13-9)6-4-5(6)2/h5-7H,3-4,10H2,1-2H3. The van der Waals surface area contributed by atoms with Crippen molar-refractivity contribution in [3.8, 4) is 0 Å². The van der Waals surface area contributed by atoms with Crippen LogP contribution >= 0.6 is 0 Å². The first-order valence-electron chi connectivity index (χ1n) is 4.81. The summed E-state index contributed by atoms with van der Waals surface area (Å²) in [5.41, 5.74) is 5.77. The summed E-state index contributed by atoms with van der Waals surface area (Å²) in [5.74, 6) is 2.65. The normalized spacial score (nSPS) is 28.8. The van der Waals surface area contributed by atoms with Crippen LogP contribution < -0.4 is 5.73 Å². The van der Waals surface area contributed by atoms with Crippen LogP contribution in [-0.2, 0) is 0 Å². The fraction of sp³-hybridized carbons (Fsp3) is 0.778. The lowest BCUT2D eigenvalue weighted by atomic mass is 10.2. The molecule has 1 heterocycles. The monoisotopic (exact) mass is 181 g/mol. The van der Waals surface area contributed by atoms with E-state index in [1.165, 1.54) is 6.42 Å². The van der Waals surface area contributed by atoms with Crippen molar-refractivity contribution in [2.45, 2.75) is 38.6 Å². The van der Waals surface area contributed by atoms with E-state index < -0.39 is 0 Å². The van der Waals surface area contributed by atoms with Gasteiger partial charge in [-0.3, -0.25) is 0 Å². The summed E-state index contributed by atoms with van der Waals surface area (Å²) in [7, 11) is 0. The zero-order valence-electron chi connectivity index (χ0n) is 8.03. The smallest absolute Gasteiger partial charge is 0.243 e. The second kappa shape index (κ2) is 3.10. The molecule has 0 aliphatic heterocycles. The Bertz CT molecular complexity index is 278. The molecule has 1 aromatic heterocycles. The Morgan fingerprint density at radius 2 is 2.38 bits per heavy atom. The summed E-state index contributed by atoms with van der Waals surface area (Å²) in [4.78, 5) is 4.29. The fourth-order valence-electron chi connectivity index (χ4n) is 1.40. The minimum absolute atomic E-state index is 0.102. The van der Waals surface area contributed by atoms with Crippen LogP contribution in [0.4, 0.5) is 0 Å². The van der Waals surface area contributed by atoms with E-state index in [0.717, 1.165) is 12.2 Å². The van der Waals surface area contributed by atoms with Crippen molar-refractivity contribution in [2.75, 3.05) is 0 Å². The van der Waals surface area contributed by atoms with Gasteiger partial charge in [0.05, 0.1) is 6.04 Å². The molecule has 3 unspecified atom stereocenters. The zero-order valence-corrected chi connectivity index (χ0v) is 8.03. The molecule has 0 bridgehead atoms. The van der Waals surface area contributed by atoms with Crippen molar-refractivity contribution >= 4 is 0 Å². The van der Waals surface area contributed by atoms with E-state index in [2.05, 4.69) is 17.1 Å². The molecule has 1 saturated carbocycles. The molecule has 3 atom stereocenters. The summed E-state index contributed by atoms with van der Waals surface area (Å²) in [6, 6.07) is -0.102. The number of aromatic nitrogens is 2.